The van der Waals surface area contributed by atoms with E-state index in [0.717, 1.165) is 0 Å². The summed E-state index contributed by atoms with van der Waals surface area (Å²) in [6.07, 6.45) is 0.348. The van der Waals surface area contributed by atoms with Gasteiger partial charge in [0.2, 0.25) is 0 Å². The average molecular weight is 238 g/mol. The lowest BCUT2D eigenvalue weighted by Crippen LogP contribution is -2.00. The smallest absolute Gasteiger partial charge is 0.174 e. The summed E-state index contributed by atoms with van der Waals surface area (Å²) in [4.78, 5) is 0. The number of aromatic nitrogens is 2. The predicted molar refractivity (Wildman–Crippen MR) is 60.7 cm³/mol. The van der Waals surface area contributed by atoms with Crippen LogP contribution in [0.5, 0.6) is 0 Å². The maximum atomic E-state index is 13.3. The molecule has 0 aliphatic heterocycles. The maximum Gasteiger partial charge on any atom is 0.174 e. The van der Waals surface area contributed by atoms with Gasteiger partial charge in [0.1, 0.15) is 5.82 Å². The van der Waals surface area contributed by atoms with Crippen molar-refractivity contribution in [3.05, 3.63) is 52.6 Å². The molecule has 2 rings (SSSR count). The highest BCUT2D eigenvalue weighted by Crippen LogP contribution is 2.17. The summed E-state index contributed by atoms with van der Waals surface area (Å²) in [6, 6.07) is 8.11. The number of hydrogen-bond acceptors (Lipinski definition) is 3. The summed E-state index contributed by atoms with van der Waals surface area (Å²) in [5, 5.41) is 7.68. The van der Waals surface area contributed by atoms with Gasteiger partial charge in [0.05, 0.1) is 11.4 Å². The molecule has 0 unspecified atom stereocenters. The molecule has 0 atom stereocenters. The second-order valence-electron chi connectivity index (χ2n) is 3.35. The number of benzene rings is 1. The number of nitrogens with zero attached hydrogens (tertiary/aromatic N) is 2. The zero-order valence-electron chi connectivity index (χ0n) is 8.32. The third-order valence-corrected chi connectivity index (χ3v) is 2.45. The molecule has 1 aromatic carbocycles. The first kappa shape index (κ1) is 10.8. The van der Waals surface area contributed by atoms with Crippen molar-refractivity contribution >= 4 is 17.3 Å². The molecule has 1 heterocycles. The summed E-state index contributed by atoms with van der Waals surface area (Å²) in [5.74, 6) is -0.266. The molecule has 2 aromatic rings. The molecule has 0 fully saturated rings. The third-order valence-electron chi connectivity index (χ3n) is 2.16. The van der Waals surface area contributed by atoms with Gasteiger partial charge in [0, 0.05) is 6.42 Å². The number of hydrogen-bond donors (Lipinski definition) is 1. The zero-order valence-corrected chi connectivity index (χ0v) is 9.08. The molecule has 3 nitrogen and oxygen atoms in total. The van der Waals surface area contributed by atoms with Gasteiger partial charge >= 0.3 is 0 Å². The molecule has 0 radical (unpaired) electrons. The van der Waals surface area contributed by atoms with Crippen molar-refractivity contribution in [1.82, 2.24) is 10.2 Å². The summed E-state index contributed by atoms with van der Waals surface area (Å²) in [6.45, 7) is 0. The van der Waals surface area contributed by atoms with E-state index in [-0.39, 0.29) is 11.0 Å². The van der Waals surface area contributed by atoms with Crippen LogP contribution in [0, 0.1) is 5.82 Å². The lowest BCUT2D eigenvalue weighted by molar-refractivity contribution is 0.612. The summed E-state index contributed by atoms with van der Waals surface area (Å²) >= 11 is 5.64. The highest BCUT2D eigenvalue weighted by atomic mass is 35.5. The Morgan fingerprint density at radius 3 is 2.69 bits per heavy atom. The molecule has 0 bridgehead atoms. The minimum Gasteiger partial charge on any atom is -0.396 e. The molecular formula is C11H9ClFN3. The van der Waals surface area contributed by atoms with E-state index < -0.39 is 0 Å². The van der Waals surface area contributed by atoms with Crippen LogP contribution in [0.15, 0.2) is 30.3 Å². The molecule has 0 saturated carbocycles. The van der Waals surface area contributed by atoms with Crippen LogP contribution in [0.3, 0.4) is 0 Å². The molecular weight excluding hydrogens is 229 g/mol. The van der Waals surface area contributed by atoms with Crippen molar-refractivity contribution in [3.8, 4) is 0 Å². The maximum absolute atomic E-state index is 13.3. The average Bonchev–Trinajstić information content (AvgIpc) is 2.27. The van der Waals surface area contributed by atoms with Crippen molar-refractivity contribution in [2.75, 3.05) is 5.73 Å². The van der Waals surface area contributed by atoms with Gasteiger partial charge in [0.15, 0.2) is 5.15 Å². The Morgan fingerprint density at radius 2 is 2.00 bits per heavy atom. The van der Waals surface area contributed by atoms with E-state index in [1.54, 1.807) is 24.3 Å². The van der Waals surface area contributed by atoms with Gasteiger partial charge in [-0.15, -0.1) is 5.10 Å². The molecule has 82 valence electrons. The number of halogens is 2. The van der Waals surface area contributed by atoms with Gasteiger partial charge in [-0.2, -0.15) is 5.10 Å². The third kappa shape index (κ3) is 2.28. The van der Waals surface area contributed by atoms with Gasteiger partial charge in [-0.25, -0.2) is 4.39 Å². The van der Waals surface area contributed by atoms with E-state index >= 15 is 0 Å². The summed E-state index contributed by atoms with van der Waals surface area (Å²) in [7, 11) is 0. The van der Waals surface area contributed by atoms with Gasteiger partial charge < -0.3 is 5.73 Å². The van der Waals surface area contributed by atoms with E-state index in [1.165, 1.54) is 6.07 Å². The Labute approximate surface area is 97.1 Å². The van der Waals surface area contributed by atoms with Crippen LogP contribution in [0.25, 0.3) is 0 Å². The van der Waals surface area contributed by atoms with Crippen molar-refractivity contribution in [2.24, 2.45) is 0 Å². The fraction of sp³-hybridized carbons (Fsp3) is 0.0909. The van der Waals surface area contributed by atoms with Crippen molar-refractivity contribution in [2.45, 2.75) is 6.42 Å². The second-order valence-corrected chi connectivity index (χ2v) is 3.71. The first-order valence-electron chi connectivity index (χ1n) is 4.68. The van der Waals surface area contributed by atoms with Crippen LogP contribution in [0.1, 0.15) is 11.3 Å². The topological polar surface area (TPSA) is 51.8 Å². The van der Waals surface area contributed by atoms with Gasteiger partial charge in [-0.3, -0.25) is 0 Å². The minimum atomic E-state index is -0.266. The number of rotatable bonds is 2. The van der Waals surface area contributed by atoms with Crippen LogP contribution in [0.4, 0.5) is 10.1 Å². The van der Waals surface area contributed by atoms with Crippen molar-refractivity contribution < 1.29 is 4.39 Å². The van der Waals surface area contributed by atoms with Gasteiger partial charge in [-0.1, -0.05) is 29.8 Å². The first-order chi connectivity index (χ1) is 7.66. The van der Waals surface area contributed by atoms with Crippen LogP contribution in [0.2, 0.25) is 5.15 Å². The summed E-state index contributed by atoms with van der Waals surface area (Å²) < 4.78 is 13.3. The molecule has 0 aliphatic rings. The summed E-state index contributed by atoms with van der Waals surface area (Å²) in [5.41, 5.74) is 7.08. The van der Waals surface area contributed by atoms with Crippen LogP contribution in [-0.4, -0.2) is 10.2 Å². The molecule has 0 amide bonds. The Bertz CT molecular complexity index is 516. The fourth-order valence-corrected chi connectivity index (χ4v) is 1.45. The van der Waals surface area contributed by atoms with Gasteiger partial charge in [0.25, 0.3) is 0 Å². The van der Waals surface area contributed by atoms with E-state index in [2.05, 4.69) is 10.2 Å². The zero-order chi connectivity index (χ0) is 11.5. The second kappa shape index (κ2) is 4.45. The van der Waals surface area contributed by atoms with E-state index in [0.29, 0.717) is 23.4 Å². The predicted octanol–water partition coefficient (Wildman–Crippen LogP) is 2.44. The van der Waals surface area contributed by atoms with Gasteiger partial charge in [-0.05, 0) is 17.7 Å². The van der Waals surface area contributed by atoms with E-state index in [9.17, 15) is 4.39 Å². The Kier molecular flexibility index (Phi) is 3.01. The number of nitrogens with two attached hydrogens (primary N) is 1. The Morgan fingerprint density at radius 1 is 1.25 bits per heavy atom. The van der Waals surface area contributed by atoms with E-state index in [1.807, 2.05) is 0 Å². The largest absolute Gasteiger partial charge is 0.396 e. The monoisotopic (exact) mass is 237 g/mol. The van der Waals surface area contributed by atoms with Crippen LogP contribution in [-0.2, 0) is 6.42 Å². The minimum absolute atomic E-state index is 0.164. The van der Waals surface area contributed by atoms with Crippen molar-refractivity contribution in [1.29, 1.82) is 0 Å². The fourth-order valence-electron chi connectivity index (χ4n) is 1.36. The number of nitrogen functional groups attached to an aromatic ring is 1. The molecule has 0 aliphatic carbocycles. The normalized spacial score (nSPS) is 10.4. The van der Waals surface area contributed by atoms with Crippen LogP contribution >= 0.6 is 11.6 Å². The molecule has 16 heavy (non-hydrogen) atoms. The molecule has 0 spiro atoms. The molecule has 0 saturated heterocycles. The highest BCUT2D eigenvalue weighted by Gasteiger charge is 2.06. The number of anilines is 1. The molecule has 5 heteroatoms. The highest BCUT2D eigenvalue weighted by molar-refractivity contribution is 6.31. The van der Waals surface area contributed by atoms with E-state index in [4.69, 9.17) is 17.3 Å². The van der Waals surface area contributed by atoms with Crippen LogP contribution < -0.4 is 5.73 Å². The SMILES string of the molecule is Nc1cc(Cc2ccccc2F)nnc1Cl. The first-order valence-corrected chi connectivity index (χ1v) is 5.05. The standard InChI is InChI=1S/C11H9ClFN3/c12-11-10(14)6-8(15-16-11)5-7-3-1-2-4-9(7)13/h1-4,6H,5H2,(H2,14,15). The lowest BCUT2D eigenvalue weighted by Gasteiger charge is -2.03. The quantitative estimate of drug-likeness (QED) is 0.873. The van der Waals surface area contributed by atoms with Crippen molar-refractivity contribution in [3.63, 3.8) is 0 Å². The Hall–Kier alpha value is -1.68. The molecule has 1 aromatic heterocycles. The molecule has 2 N–H and O–H groups in total. The lowest BCUT2D eigenvalue weighted by atomic mass is 10.1. The Balaban J connectivity index is 2.28.